The van der Waals surface area contributed by atoms with Crippen LogP contribution in [-0.2, 0) is 16.0 Å². The molecule has 2 aromatic rings. The molecule has 0 fully saturated rings. The Morgan fingerprint density at radius 1 is 1.24 bits per heavy atom. The molecule has 0 aliphatic rings. The molecular formula is C19H20FNO4. The van der Waals surface area contributed by atoms with E-state index < -0.39 is 30.2 Å². The van der Waals surface area contributed by atoms with Gasteiger partial charge in [0.2, 0.25) is 0 Å². The SMILES string of the molecule is CCC(Oc1cccc(C)c1)C(=O)Nc1ccc(CC(=O)O)c(F)c1. The molecule has 0 spiro atoms. The Kier molecular flexibility index (Phi) is 6.11. The van der Waals surface area contributed by atoms with Gasteiger partial charge in [-0.2, -0.15) is 0 Å². The highest BCUT2D eigenvalue weighted by atomic mass is 19.1. The second kappa shape index (κ2) is 8.28. The summed E-state index contributed by atoms with van der Waals surface area (Å²) in [7, 11) is 0. The van der Waals surface area contributed by atoms with Crippen LogP contribution < -0.4 is 10.1 Å². The Bertz CT molecular complexity index is 776. The number of carbonyl (C=O) groups is 2. The summed E-state index contributed by atoms with van der Waals surface area (Å²) < 4.78 is 19.6. The lowest BCUT2D eigenvalue weighted by atomic mass is 10.1. The summed E-state index contributed by atoms with van der Waals surface area (Å²) >= 11 is 0. The number of anilines is 1. The fraction of sp³-hybridized carbons (Fsp3) is 0.263. The second-order valence-corrected chi connectivity index (χ2v) is 5.70. The van der Waals surface area contributed by atoms with Gasteiger partial charge in [-0.1, -0.05) is 25.1 Å². The number of carbonyl (C=O) groups excluding carboxylic acids is 1. The van der Waals surface area contributed by atoms with Gasteiger partial charge >= 0.3 is 5.97 Å². The zero-order chi connectivity index (χ0) is 18.4. The minimum atomic E-state index is -1.12. The lowest BCUT2D eigenvalue weighted by Crippen LogP contribution is -2.32. The predicted octanol–water partition coefficient (Wildman–Crippen LogP) is 3.56. The predicted molar refractivity (Wildman–Crippen MR) is 92.3 cm³/mol. The lowest BCUT2D eigenvalue weighted by molar-refractivity contribution is -0.136. The fourth-order valence-electron chi connectivity index (χ4n) is 2.33. The van der Waals surface area contributed by atoms with E-state index in [4.69, 9.17) is 9.84 Å². The first-order chi connectivity index (χ1) is 11.9. The summed E-state index contributed by atoms with van der Waals surface area (Å²) in [5.41, 5.74) is 1.33. The van der Waals surface area contributed by atoms with Crippen LogP contribution in [0.15, 0.2) is 42.5 Å². The van der Waals surface area contributed by atoms with Crippen molar-refractivity contribution in [3.8, 4) is 5.75 Å². The van der Waals surface area contributed by atoms with Gasteiger partial charge in [0, 0.05) is 5.69 Å². The molecule has 0 saturated heterocycles. The van der Waals surface area contributed by atoms with Crippen LogP contribution in [0.1, 0.15) is 24.5 Å². The van der Waals surface area contributed by atoms with Gasteiger partial charge in [-0.25, -0.2) is 4.39 Å². The number of aliphatic carboxylic acids is 1. The molecule has 0 bridgehead atoms. The topological polar surface area (TPSA) is 75.6 Å². The highest BCUT2D eigenvalue weighted by Crippen LogP contribution is 2.18. The summed E-state index contributed by atoms with van der Waals surface area (Å²) in [6.07, 6.45) is -0.684. The minimum absolute atomic E-state index is 0.0635. The van der Waals surface area contributed by atoms with E-state index in [9.17, 15) is 14.0 Å². The number of carboxylic acid groups (broad SMARTS) is 1. The van der Waals surface area contributed by atoms with E-state index in [1.165, 1.54) is 12.1 Å². The molecule has 132 valence electrons. The molecule has 2 aromatic carbocycles. The number of carboxylic acids is 1. The van der Waals surface area contributed by atoms with E-state index in [2.05, 4.69) is 5.32 Å². The molecule has 0 aromatic heterocycles. The van der Waals surface area contributed by atoms with Gasteiger partial charge in [0.15, 0.2) is 6.10 Å². The van der Waals surface area contributed by atoms with Gasteiger partial charge in [0.25, 0.3) is 5.91 Å². The average Bonchev–Trinajstić information content (AvgIpc) is 2.55. The van der Waals surface area contributed by atoms with Gasteiger partial charge in [0.1, 0.15) is 11.6 Å². The van der Waals surface area contributed by atoms with Crippen molar-refractivity contribution in [3.63, 3.8) is 0 Å². The van der Waals surface area contributed by atoms with Crippen molar-refractivity contribution in [2.45, 2.75) is 32.8 Å². The molecule has 1 unspecified atom stereocenters. The largest absolute Gasteiger partial charge is 0.481 e. The number of nitrogens with one attached hydrogen (secondary N) is 1. The first kappa shape index (κ1) is 18.4. The highest BCUT2D eigenvalue weighted by Gasteiger charge is 2.19. The van der Waals surface area contributed by atoms with E-state index in [0.29, 0.717) is 12.2 Å². The smallest absolute Gasteiger partial charge is 0.307 e. The summed E-state index contributed by atoms with van der Waals surface area (Å²) in [6.45, 7) is 3.74. The van der Waals surface area contributed by atoms with Gasteiger partial charge < -0.3 is 15.2 Å². The zero-order valence-electron chi connectivity index (χ0n) is 14.1. The first-order valence-corrected chi connectivity index (χ1v) is 7.93. The molecular weight excluding hydrogens is 325 g/mol. The Labute approximate surface area is 145 Å². The van der Waals surface area contributed by atoms with Crippen molar-refractivity contribution >= 4 is 17.6 Å². The van der Waals surface area contributed by atoms with Crippen LogP contribution in [0.5, 0.6) is 5.75 Å². The van der Waals surface area contributed by atoms with Crippen LogP contribution in [0.3, 0.4) is 0 Å². The monoisotopic (exact) mass is 345 g/mol. The van der Waals surface area contributed by atoms with Crippen LogP contribution in [0.25, 0.3) is 0 Å². The van der Waals surface area contributed by atoms with Gasteiger partial charge in [0.05, 0.1) is 6.42 Å². The Balaban J connectivity index is 2.06. The van der Waals surface area contributed by atoms with Crippen molar-refractivity contribution < 1.29 is 23.8 Å². The van der Waals surface area contributed by atoms with E-state index in [0.717, 1.165) is 11.6 Å². The van der Waals surface area contributed by atoms with Crippen LogP contribution in [-0.4, -0.2) is 23.1 Å². The van der Waals surface area contributed by atoms with Crippen LogP contribution >= 0.6 is 0 Å². The van der Waals surface area contributed by atoms with Crippen molar-refractivity contribution in [1.29, 1.82) is 0 Å². The maximum Gasteiger partial charge on any atom is 0.307 e. The summed E-state index contributed by atoms with van der Waals surface area (Å²) in [5, 5.41) is 11.3. The van der Waals surface area contributed by atoms with Crippen LogP contribution in [0.4, 0.5) is 10.1 Å². The third-order valence-corrected chi connectivity index (χ3v) is 3.59. The number of hydrogen-bond donors (Lipinski definition) is 2. The normalized spacial score (nSPS) is 11.6. The number of halogens is 1. The standard InChI is InChI=1S/C19H20FNO4/c1-3-17(25-15-6-4-5-12(2)9-15)19(24)21-14-8-7-13(10-18(22)23)16(20)11-14/h4-9,11,17H,3,10H2,1-2H3,(H,21,24)(H,22,23). The lowest BCUT2D eigenvalue weighted by Gasteiger charge is -2.18. The maximum absolute atomic E-state index is 13.9. The molecule has 5 nitrogen and oxygen atoms in total. The summed E-state index contributed by atoms with van der Waals surface area (Å²) in [4.78, 5) is 23.0. The molecule has 0 aliphatic heterocycles. The molecule has 2 N–H and O–H groups in total. The van der Waals surface area contributed by atoms with Crippen LogP contribution in [0.2, 0.25) is 0 Å². The number of rotatable bonds is 7. The van der Waals surface area contributed by atoms with E-state index in [1.54, 1.807) is 6.07 Å². The highest BCUT2D eigenvalue weighted by molar-refractivity contribution is 5.94. The van der Waals surface area contributed by atoms with Gasteiger partial charge in [-0.05, 0) is 48.7 Å². The molecule has 2 rings (SSSR count). The number of ether oxygens (including phenoxy) is 1. The Morgan fingerprint density at radius 3 is 2.60 bits per heavy atom. The van der Waals surface area contributed by atoms with Crippen molar-refractivity contribution in [2.24, 2.45) is 0 Å². The van der Waals surface area contributed by atoms with Crippen molar-refractivity contribution in [1.82, 2.24) is 0 Å². The molecule has 0 aliphatic carbocycles. The molecule has 6 heteroatoms. The number of benzene rings is 2. The third-order valence-electron chi connectivity index (χ3n) is 3.59. The Morgan fingerprint density at radius 2 is 2.00 bits per heavy atom. The van der Waals surface area contributed by atoms with E-state index in [1.807, 2.05) is 32.0 Å². The molecule has 1 amide bonds. The summed E-state index contributed by atoms with van der Waals surface area (Å²) in [6, 6.07) is 11.3. The maximum atomic E-state index is 13.9. The van der Waals surface area contributed by atoms with E-state index >= 15 is 0 Å². The zero-order valence-corrected chi connectivity index (χ0v) is 14.1. The molecule has 0 saturated carbocycles. The first-order valence-electron chi connectivity index (χ1n) is 7.93. The average molecular weight is 345 g/mol. The van der Waals surface area contributed by atoms with Gasteiger partial charge in [-0.15, -0.1) is 0 Å². The third kappa shape index (κ3) is 5.31. The molecule has 0 heterocycles. The number of hydrogen-bond acceptors (Lipinski definition) is 3. The number of amides is 1. The van der Waals surface area contributed by atoms with Crippen molar-refractivity contribution in [3.05, 3.63) is 59.4 Å². The molecule has 25 heavy (non-hydrogen) atoms. The quantitative estimate of drug-likeness (QED) is 0.804. The Hall–Kier alpha value is -2.89. The van der Waals surface area contributed by atoms with E-state index in [-0.39, 0.29) is 11.3 Å². The summed E-state index contributed by atoms with van der Waals surface area (Å²) in [5.74, 6) is -1.60. The van der Waals surface area contributed by atoms with Gasteiger partial charge in [-0.3, -0.25) is 9.59 Å². The molecule has 1 atom stereocenters. The van der Waals surface area contributed by atoms with Crippen LogP contribution in [0, 0.1) is 12.7 Å². The van der Waals surface area contributed by atoms with Crippen molar-refractivity contribution in [2.75, 3.05) is 5.32 Å². The fourth-order valence-corrected chi connectivity index (χ4v) is 2.33. The molecule has 0 radical (unpaired) electrons. The minimum Gasteiger partial charge on any atom is -0.481 e. The number of aryl methyl sites for hydroxylation is 1. The second-order valence-electron chi connectivity index (χ2n) is 5.70.